The van der Waals surface area contributed by atoms with E-state index in [9.17, 15) is 9.18 Å². The van der Waals surface area contributed by atoms with Crippen LogP contribution < -0.4 is 15.2 Å². The number of rotatable bonds is 4. The van der Waals surface area contributed by atoms with Crippen LogP contribution in [-0.2, 0) is 13.0 Å². The number of primary amides is 1. The van der Waals surface area contributed by atoms with Gasteiger partial charge in [0, 0.05) is 41.7 Å². The molecule has 1 aliphatic heterocycles. The van der Waals surface area contributed by atoms with Gasteiger partial charge in [-0.05, 0) is 25.0 Å². The molecule has 28 heavy (non-hydrogen) atoms. The quantitative estimate of drug-likeness (QED) is 0.738. The zero-order chi connectivity index (χ0) is 20.1. The number of nitrogens with two attached hydrogens (primary N) is 1. The third-order valence-corrected chi connectivity index (χ3v) is 4.21. The molecule has 0 radical (unpaired) electrons. The molecule has 3 aromatic rings. The Kier molecular flexibility index (Phi) is 5.83. The second-order valence-electron chi connectivity index (χ2n) is 6.01. The largest absolute Gasteiger partial charge is 0.481 e. The summed E-state index contributed by atoms with van der Waals surface area (Å²) >= 11 is 0. The summed E-state index contributed by atoms with van der Waals surface area (Å²) in [6, 6.07) is 6.53. The van der Waals surface area contributed by atoms with Crippen LogP contribution in [0.3, 0.4) is 0 Å². The Balaban J connectivity index is 0.000000178. The smallest absolute Gasteiger partial charge is 0.248 e. The lowest BCUT2D eigenvalue weighted by molar-refractivity contribution is 0.0999. The number of hydrogen-bond acceptors (Lipinski definition) is 6. The Hall–Kier alpha value is -3.49. The summed E-state index contributed by atoms with van der Waals surface area (Å²) < 4.78 is 25.4. The van der Waals surface area contributed by atoms with Crippen LogP contribution >= 0.6 is 0 Å². The van der Waals surface area contributed by atoms with Crippen LogP contribution in [0.5, 0.6) is 11.8 Å². The molecule has 3 aromatic heterocycles. The molecule has 0 saturated heterocycles. The molecule has 1 aliphatic rings. The maximum Gasteiger partial charge on any atom is 0.248 e. The Morgan fingerprint density at radius 3 is 2.61 bits per heavy atom. The van der Waals surface area contributed by atoms with Crippen molar-refractivity contribution in [3.63, 3.8) is 0 Å². The van der Waals surface area contributed by atoms with E-state index in [0.29, 0.717) is 28.6 Å². The van der Waals surface area contributed by atoms with Crippen LogP contribution in [0.2, 0.25) is 0 Å². The number of nitrogens with zero attached hydrogens (tertiary/aromatic N) is 4. The average molecular weight is 385 g/mol. The van der Waals surface area contributed by atoms with Crippen molar-refractivity contribution < 1.29 is 18.7 Å². The first kappa shape index (κ1) is 19.3. The summed E-state index contributed by atoms with van der Waals surface area (Å²) in [5.41, 5.74) is 7.67. The van der Waals surface area contributed by atoms with E-state index in [0.717, 1.165) is 25.1 Å². The zero-order valence-electron chi connectivity index (χ0n) is 15.6. The third-order valence-electron chi connectivity index (χ3n) is 4.21. The van der Waals surface area contributed by atoms with Crippen LogP contribution in [0, 0.1) is 5.82 Å². The van der Waals surface area contributed by atoms with E-state index in [2.05, 4.69) is 15.1 Å². The molecular weight excluding hydrogens is 365 g/mol. The zero-order valence-corrected chi connectivity index (χ0v) is 15.6. The van der Waals surface area contributed by atoms with Gasteiger partial charge < -0.3 is 15.2 Å². The maximum absolute atomic E-state index is 13.7. The molecule has 9 heteroatoms. The number of ether oxygens (including phenoxy) is 2. The van der Waals surface area contributed by atoms with Gasteiger partial charge in [-0.15, -0.1) is 0 Å². The number of aryl methyl sites for hydroxylation is 2. The van der Waals surface area contributed by atoms with Crippen LogP contribution in [0.4, 0.5) is 4.39 Å². The Bertz CT molecular complexity index is 968. The van der Waals surface area contributed by atoms with E-state index in [4.69, 9.17) is 15.2 Å². The van der Waals surface area contributed by atoms with Gasteiger partial charge in [0.25, 0.3) is 0 Å². The number of halogens is 1. The highest BCUT2D eigenvalue weighted by Gasteiger charge is 2.17. The molecule has 0 unspecified atom stereocenters. The van der Waals surface area contributed by atoms with Crippen LogP contribution in [0.25, 0.3) is 11.3 Å². The summed E-state index contributed by atoms with van der Waals surface area (Å²) in [5, 5.41) is 4.39. The van der Waals surface area contributed by atoms with Gasteiger partial charge in [0.05, 0.1) is 26.1 Å². The molecule has 0 fully saturated rings. The molecule has 4 rings (SSSR count). The first-order valence-electron chi connectivity index (χ1n) is 8.58. The minimum absolute atomic E-state index is 0.373. The Labute approximate surface area is 161 Å². The van der Waals surface area contributed by atoms with Crippen molar-refractivity contribution in [3.8, 4) is 23.0 Å². The average Bonchev–Trinajstić information content (AvgIpc) is 3.31. The molecule has 0 aromatic carbocycles. The summed E-state index contributed by atoms with van der Waals surface area (Å²) in [4.78, 5) is 18.2. The molecule has 0 atom stereocenters. The number of carbonyl (C=O) groups excluding carboxylic acids is 1. The Morgan fingerprint density at radius 2 is 1.93 bits per heavy atom. The molecule has 0 spiro atoms. The standard InChI is InChI=1S/C12H12FN3O.C7H8N2O2/c1-17-12-6-9(10(13)7-14-12)11-5-8-3-2-4-16(8)15-11;1-11-6-4-5(7(8)10)2-3-9-6/h5-7H,2-4H2,1H3;2-4H,1H3,(H2,8,10). The second kappa shape index (κ2) is 8.47. The lowest BCUT2D eigenvalue weighted by Gasteiger charge is -2.02. The maximum atomic E-state index is 13.7. The van der Waals surface area contributed by atoms with E-state index < -0.39 is 5.91 Å². The fourth-order valence-electron chi connectivity index (χ4n) is 2.79. The van der Waals surface area contributed by atoms with Crippen molar-refractivity contribution in [2.45, 2.75) is 19.4 Å². The first-order valence-corrected chi connectivity index (χ1v) is 8.58. The molecule has 8 nitrogen and oxygen atoms in total. The molecular formula is C19H20FN5O3. The summed E-state index contributed by atoms with van der Waals surface area (Å²) in [6.07, 6.45) is 4.76. The molecule has 2 N–H and O–H groups in total. The van der Waals surface area contributed by atoms with Crippen molar-refractivity contribution in [2.24, 2.45) is 5.73 Å². The predicted octanol–water partition coefficient (Wildman–Crippen LogP) is 2.23. The highest BCUT2D eigenvalue weighted by atomic mass is 19.1. The number of fused-ring (bicyclic) bond motifs is 1. The number of pyridine rings is 2. The van der Waals surface area contributed by atoms with Gasteiger partial charge in [-0.3, -0.25) is 9.48 Å². The van der Waals surface area contributed by atoms with E-state index in [1.165, 1.54) is 38.7 Å². The summed E-state index contributed by atoms with van der Waals surface area (Å²) in [6.45, 7) is 0.916. The van der Waals surface area contributed by atoms with Gasteiger partial charge in [-0.25, -0.2) is 14.4 Å². The van der Waals surface area contributed by atoms with Gasteiger partial charge in [0.2, 0.25) is 17.7 Å². The summed E-state index contributed by atoms with van der Waals surface area (Å²) in [7, 11) is 2.99. The predicted molar refractivity (Wildman–Crippen MR) is 99.6 cm³/mol. The van der Waals surface area contributed by atoms with Crippen molar-refractivity contribution >= 4 is 5.91 Å². The van der Waals surface area contributed by atoms with Gasteiger partial charge in [0.15, 0.2) is 5.82 Å². The third kappa shape index (κ3) is 4.25. The number of amides is 1. The van der Waals surface area contributed by atoms with Crippen molar-refractivity contribution in [1.82, 2.24) is 19.7 Å². The first-order chi connectivity index (χ1) is 13.5. The van der Waals surface area contributed by atoms with Gasteiger partial charge in [0.1, 0.15) is 0 Å². The molecule has 1 amide bonds. The van der Waals surface area contributed by atoms with E-state index in [1.54, 1.807) is 6.07 Å². The fraction of sp³-hybridized carbons (Fsp3) is 0.263. The van der Waals surface area contributed by atoms with Crippen molar-refractivity contribution in [3.05, 3.63) is 53.7 Å². The van der Waals surface area contributed by atoms with Crippen LogP contribution in [0.15, 0.2) is 36.7 Å². The van der Waals surface area contributed by atoms with Gasteiger partial charge in [-0.2, -0.15) is 5.10 Å². The molecule has 0 bridgehead atoms. The van der Waals surface area contributed by atoms with Crippen molar-refractivity contribution in [2.75, 3.05) is 14.2 Å². The minimum atomic E-state index is -0.481. The minimum Gasteiger partial charge on any atom is -0.481 e. The molecule has 0 saturated carbocycles. The van der Waals surface area contributed by atoms with Crippen LogP contribution in [-0.4, -0.2) is 39.9 Å². The highest BCUT2D eigenvalue weighted by Crippen LogP contribution is 2.27. The summed E-state index contributed by atoms with van der Waals surface area (Å²) in [5.74, 6) is -0.0656. The van der Waals surface area contributed by atoms with E-state index >= 15 is 0 Å². The molecule has 4 heterocycles. The second-order valence-corrected chi connectivity index (χ2v) is 6.01. The topological polar surface area (TPSA) is 105 Å². The highest BCUT2D eigenvalue weighted by molar-refractivity contribution is 5.92. The number of carbonyl (C=O) groups is 1. The number of aromatic nitrogens is 4. The molecule has 0 aliphatic carbocycles. The lowest BCUT2D eigenvalue weighted by Crippen LogP contribution is -2.10. The van der Waals surface area contributed by atoms with E-state index in [-0.39, 0.29) is 5.82 Å². The lowest BCUT2D eigenvalue weighted by atomic mass is 10.1. The number of hydrogen-bond donors (Lipinski definition) is 1. The van der Waals surface area contributed by atoms with E-state index in [1.807, 2.05) is 10.7 Å². The number of methoxy groups -OCH3 is 2. The van der Waals surface area contributed by atoms with Gasteiger partial charge in [-0.1, -0.05) is 0 Å². The fourth-order valence-corrected chi connectivity index (χ4v) is 2.79. The van der Waals surface area contributed by atoms with Crippen LogP contribution in [0.1, 0.15) is 22.5 Å². The normalized spacial score (nSPS) is 12.0. The molecule has 146 valence electrons. The van der Waals surface area contributed by atoms with Gasteiger partial charge >= 0.3 is 0 Å². The SMILES string of the molecule is COc1cc(-c2cc3n(n2)CCC3)c(F)cn1.COc1cc(C(N)=O)ccn1. The van der Waals surface area contributed by atoms with Crippen molar-refractivity contribution in [1.29, 1.82) is 0 Å². The Morgan fingerprint density at radius 1 is 1.18 bits per heavy atom. The monoisotopic (exact) mass is 385 g/mol.